The number of benzene rings is 3. The lowest BCUT2D eigenvalue weighted by molar-refractivity contribution is -0.122. The van der Waals surface area contributed by atoms with E-state index in [2.05, 4.69) is 38.2 Å². The van der Waals surface area contributed by atoms with E-state index in [0.717, 1.165) is 16.2 Å². The summed E-state index contributed by atoms with van der Waals surface area (Å²) in [5, 5.41) is 2.24. The predicted octanol–water partition coefficient (Wildman–Crippen LogP) is 5.42. The topological polar surface area (TPSA) is 84.9 Å². The van der Waals surface area contributed by atoms with E-state index >= 15 is 0 Å². The lowest BCUT2D eigenvalue weighted by atomic mass is 9.87. The van der Waals surface area contributed by atoms with Crippen LogP contribution in [0, 0.1) is 6.92 Å². The van der Waals surface area contributed by atoms with Crippen LogP contribution in [-0.4, -0.2) is 31.1 Å². The largest absolute Gasteiger partial charge is 0.490 e. The van der Waals surface area contributed by atoms with E-state index in [1.165, 1.54) is 11.6 Å². The van der Waals surface area contributed by atoms with E-state index in [-0.39, 0.29) is 11.0 Å². The molecule has 37 heavy (non-hydrogen) atoms. The van der Waals surface area contributed by atoms with Crippen molar-refractivity contribution in [1.29, 1.82) is 0 Å². The van der Waals surface area contributed by atoms with Gasteiger partial charge in [0.25, 0.3) is 11.8 Å². The van der Waals surface area contributed by atoms with Crippen molar-refractivity contribution in [1.82, 2.24) is 5.32 Å². The first kappa shape index (κ1) is 25.7. The number of barbiturate groups is 1. The zero-order chi connectivity index (χ0) is 26.6. The molecule has 1 fully saturated rings. The van der Waals surface area contributed by atoms with Gasteiger partial charge in [0.05, 0.1) is 5.69 Å². The van der Waals surface area contributed by atoms with Crippen LogP contribution in [0.25, 0.3) is 6.08 Å². The van der Waals surface area contributed by atoms with Gasteiger partial charge in [-0.1, -0.05) is 57.2 Å². The molecule has 0 saturated carbocycles. The number of aryl methyl sites for hydroxylation is 1. The zero-order valence-corrected chi connectivity index (χ0v) is 21.4. The fourth-order valence-electron chi connectivity index (χ4n) is 3.86. The number of nitrogens with one attached hydrogen (secondary N) is 1. The number of nitrogens with zero attached hydrogens (tertiary/aromatic N) is 1. The SMILES string of the molecule is Cc1cccc(N2C(=O)NC(=O)/C(=C\c3ccc(OCCOc4ccc(C(C)(C)C)cc4)cc3)C2=O)c1. The summed E-state index contributed by atoms with van der Waals surface area (Å²) in [6.45, 7) is 9.11. The molecule has 0 aromatic heterocycles. The van der Waals surface area contributed by atoms with Crippen LogP contribution in [0.4, 0.5) is 10.5 Å². The first-order valence-corrected chi connectivity index (χ1v) is 12.1. The van der Waals surface area contributed by atoms with Crippen LogP contribution in [0.1, 0.15) is 37.5 Å². The van der Waals surface area contributed by atoms with Crippen molar-refractivity contribution in [3.8, 4) is 11.5 Å². The minimum absolute atomic E-state index is 0.0929. The number of amides is 4. The standard InChI is InChI=1S/C30H30N2O5/c1-20-6-5-7-23(18-20)32-28(34)26(27(33)31-29(32)35)19-21-8-12-24(13-9-21)36-16-17-37-25-14-10-22(11-15-25)30(2,3)4/h5-15,18-19H,16-17H2,1-4H3,(H,31,33,35)/b26-19+. The fourth-order valence-corrected chi connectivity index (χ4v) is 3.86. The third-order valence-electron chi connectivity index (χ3n) is 5.89. The van der Waals surface area contributed by atoms with E-state index in [1.807, 2.05) is 25.1 Å². The summed E-state index contributed by atoms with van der Waals surface area (Å²) >= 11 is 0. The van der Waals surface area contributed by atoms with Gasteiger partial charge < -0.3 is 9.47 Å². The molecule has 0 spiro atoms. The smallest absolute Gasteiger partial charge is 0.335 e. The van der Waals surface area contributed by atoms with Crippen LogP contribution in [0.5, 0.6) is 11.5 Å². The van der Waals surface area contributed by atoms with Gasteiger partial charge in [0.15, 0.2) is 0 Å². The normalized spacial score (nSPS) is 15.1. The molecule has 190 valence electrons. The summed E-state index contributed by atoms with van der Waals surface area (Å²) in [6.07, 6.45) is 1.46. The second-order valence-corrected chi connectivity index (χ2v) is 9.84. The van der Waals surface area contributed by atoms with Crippen molar-refractivity contribution >= 4 is 29.6 Å². The number of carbonyl (C=O) groups is 3. The molecule has 7 heteroatoms. The Labute approximate surface area is 216 Å². The number of carbonyl (C=O) groups excluding carboxylic acids is 3. The molecule has 1 saturated heterocycles. The summed E-state index contributed by atoms with van der Waals surface area (Å²) in [7, 11) is 0. The van der Waals surface area contributed by atoms with Crippen LogP contribution < -0.4 is 19.7 Å². The highest BCUT2D eigenvalue weighted by atomic mass is 16.5. The fraction of sp³-hybridized carbons (Fsp3) is 0.233. The Bertz CT molecular complexity index is 1340. The van der Waals surface area contributed by atoms with E-state index in [9.17, 15) is 14.4 Å². The number of imide groups is 2. The van der Waals surface area contributed by atoms with Crippen molar-refractivity contribution in [3.63, 3.8) is 0 Å². The highest BCUT2D eigenvalue weighted by Crippen LogP contribution is 2.25. The average molecular weight is 499 g/mol. The molecule has 4 amide bonds. The second-order valence-electron chi connectivity index (χ2n) is 9.84. The highest BCUT2D eigenvalue weighted by molar-refractivity contribution is 6.39. The van der Waals surface area contributed by atoms with Gasteiger partial charge >= 0.3 is 6.03 Å². The molecular formula is C30H30N2O5. The van der Waals surface area contributed by atoms with Gasteiger partial charge in [-0.3, -0.25) is 14.9 Å². The molecular weight excluding hydrogens is 468 g/mol. The van der Waals surface area contributed by atoms with Crippen LogP contribution in [-0.2, 0) is 15.0 Å². The highest BCUT2D eigenvalue weighted by Gasteiger charge is 2.36. The zero-order valence-electron chi connectivity index (χ0n) is 21.4. The molecule has 3 aromatic carbocycles. The van der Waals surface area contributed by atoms with E-state index < -0.39 is 17.8 Å². The predicted molar refractivity (Wildman–Crippen MR) is 143 cm³/mol. The minimum atomic E-state index is -0.770. The van der Waals surface area contributed by atoms with Gasteiger partial charge in [-0.05, 0) is 71.5 Å². The van der Waals surface area contributed by atoms with Crippen LogP contribution in [0.2, 0.25) is 0 Å². The molecule has 7 nitrogen and oxygen atoms in total. The Morgan fingerprint density at radius 3 is 2.00 bits per heavy atom. The molecule has 1 heterocycles. The van der Waals surface area contributed by atoms with Crippen molar-refractivity contribution < 1.29 is 23.9 Å². The Morgan fingerprint density at radius 1 is 0.838 bits per heavy atom. The van der Waals surface area contributed by atoms with E-state index in [1.54, 1.807) is 42.5 Å². The van der Waals surface area contributed by atoms with Crippen molar-refractivity contribution in [2.45, 2.75) is 33.1 Å². The molecule has 3 aromatic rings. The maximum atomic E-state index is 13.0. The van der Waals surface area contributed by atoms with Crippen LogP contribution in [0.3, 0.4) is 0 Å². The molecule has 0 atom stereocenters. The summed E-state index contributed by atoms with van der Waals surface area (Å²) in [5.41, 5.74) is 3.13. The molecule has 1 aliphatic rings. The molecule has 0 radical (unpaired) electrons. The maximum Gasteiger partial charge on any atom is 0.335 e. The second kappa shape index (κ2) is 10.7. The molecule has 0 bridgehead atoms. The van der Waals surface area contributed by atoms with Gasteiger partial charge in [-0.25, -0.2) is 9.69 Å². The summed E-state index contributed by atoms with van der Waals surface area (Å²) in [5.74, 6) is 0.0104. The summed E-state index contributed by atoms with van der Waals surface area (Å²) in [4.78, 5) is 38.8. The Kier molecular flexibility index (Phi) is 7.43. The maximum absolute atomic E-state index is 13.0. The number of hydrogen-bond donors (Lipinski definition) is 1. The minimum Gasteiger partial charge on any atom is -0.490 e. The van der Waals surface area contributed by atoms with Gasteiger partial charge in [0.1, 0.15) is 30.3 Å². The van der Waals surface area contributed by atoms with Crippen molar-refractivity contribution in [3.05, 3.63) is 95.1 Å². The molecule has 4 rings (SSSR count). The number of hydrogen-bond acceptors (Lipinski definition) is 5. The quantitative estimate of drug-likeness (QED) is 0.267. The average Bonchev–Trinajstić information content (AvgIpc) is 2.85. The Balaban J connectivity index is 1.36. The lowest BCUT2D eigenvalue weighted by Gasteiger charge is -2.26. The third-order valence-corrected chi connectivity index (χ3v) is 5.89. The lowest BCUT2D eigenvalue weighted by Crippen LogP contribution is -2.54. The van der Waals surface area contributed by atoms with E-state index in [0.29, 0.717) is 30.2 Å². The third kappa shape index (κ3) is 6.25. The van der Waals surface area contributed by atoms with Gasteiger partial charge in [-0.15, -0.1) is 0 Å². The van der Waals surface area contributed by atoms with Gasteiger partial charge in [0, 0.05) is 0 Å². The molecule has 1 N–H and O–H groups in total. The van der Waals surface area contributed by atoms with Crippen molar-refractivity contribution in [2.24, 2.45) is 0 Å². The monoisotopic (exact) mass is 498 g/mol. The first-order valence-electron chi connectivity index (χ1n) is 12.1. The molecule has 0 unspecified atom stereocenters. The first-order chi connectivity index (χ1) is 17.6. The summed E-state index contributed by atoms with van der Waals surface area (Å²) < 4.78 is 11.5. The molecule has 0 aliphatic carbocycles. The number of ether oxygens (including phenoxy) is 2. The van der Waals surface area contributed by atoms with Gasteiger partial charge in [0.2, 0.25) is 0 Å². The Morgan fingerprint density at radius 2 is 1.43 bits per heavy atom. The number of rotatable bonds is 7. The summed E-state index contributed by atoms with van der Waals surface area (Å²) in [6, 6.07) is 21.2. The van der Waals surface area contributed by atoms with Crippen LogP contribution in [0.15, 0.2) is 78.4 Å². The van der Waals surface area contributed by atoms with E-state index in [4.69, 9.17) is 9.47 Å². The molecule has 1 aliphatic heterocycles. The van der Waals surface area contributed by atoms with Crippen LogP contribution >= 0.6 is 0 Å². The van der Waals surface area contributed by atoms with Gasteiger partial charge in [-0.2, -0.15) is 0 Å². The van der Waals surface area contributed by atoms with Crippen molar-refractivity contribution in [2.75, 3.05) is 18.1 Å². The number of urea groups is 1. The Hall–Kier alpha value is -4.39. The number of anilines is 1.